The number of aliphatic hydroxyl groups is 1. The second kappa shape index (κ2) is 4.19. The molecule has 0 spiro atoms. The number of carbonyl (C=O) groups excluding carboxylic acids is 2. The van der Waals surface area contributed by atoms with Crippen molar-refractivity contribution < 1.29 is 14.7 Å². The van der Waals surface area contributed by atoms with Crippen LogP contribution in [0.5, 0.6) is 0 Å². The van der Waals surface area contributed by atoms with Gasteiger partial charge in [0, 0.05) is 12.1 Å². The Labute approximate surface area is 109 Å². The monoisotopic (exact) mass is 252 g/mol. The number of hydrogen-bond donors (Lipinski definition) is 1. The Morgan fingerprint density at radius 2 is 1.74 bits per heavy atom. The lowest BCUT2D eigenvalue weighted by molar-refractivity contribution is 0.0926. The number of anilines is 1. The molecule has 2 amide bonds. The van der Waals surface area contributed by atoms with Crippen LogP contribution in [-0.2, 0) is 6.61 Å². The van der Waals surface area contributed by atoms with Gasteiger partial charge in [-0.25, -0.2) is 4.90 Å². The van der Waals surface area contributed by atoms with Gasteiger partial charge in [-0.15, -0.1) is 0 Å². The molecule has 0 fully saturated rings. The molecule has 5 nitrogen and oxygen atoms in total. The van der Waals surface area contributed by atoms with Gasteiger partial charge < -0.3 is 5.11 Å². The highest BCUT2D eigenvalue weighted by molar-refractivity contribution is 6.34. The van der Waals surface area contributed by atoms with Crippen molar-refractivity contribution in [3.63, 3.8) is 0 Å². The van der Waals surface area contributed by atoms with Crippen LogP contribution in [0.25, 0.3) is 0 Å². The largest absolute Gasteiger partial charge is 0.390 e. The standard InChI is InChI=1S/C14H8N2O3/c17-8-9-5-6-10(7-15-9)16-13(18)11-3-1-2-4-12(11)14(16)19/h3-7,17H,8H2. The van der Waals surface area contributed by atoms with Crippen molar-refractivity contribution in [1.82, 2.24) is 4.98 Å². The Bertz CT molecular complexity index is 630. The van der Waals surface area contributed by atoms with Crippen LogP contribution >= 0.6 is 0 Å². The first-order valence-corrected chi connectivity index (χ1v) is 5.58. The van der Waals surface area contributed by atoms with Crippen molar-refractivity contribution in [1.29, 1.82) is 0 Å². The SMILES string of the molecule is O=C1c2cc#ccc2C(=O)N1c1ccc(CO)nc1. The van der Waals surface area contributed by atoms with E-state index in [0.717, 1.165) is 4.90 Å². The summed E-state index contributed by atoms with van der Waals surface area (Å²) in [6.45, 7) is -0.188. The predicted octanol–water partition coefficient (Wildman–Crippen LogP) is 0.975. The third-order valence-corrected chi connectivity index (χ3v) is 2.90. The summed E-state index contributed by atoms with van der Waals surface area (Å²) in [6, 6.07) is 11.4. The minimum atomic E-state index is -0.399. The number of amides is 2. The highest BCUT2D eigenvalue weighted by atomic mass is 16.3. The third kappa shape index (κ3) is 1.66. The van der Waals surface area contributed by atoms with Crippen LogP contribution < -0.4 is 4.90 Å². The van der Waals surface area contributed by atoms with Gasteiger partial charge in [0.1, 0.15) is 0 Å². The van der Waals surface area contributed by atoms with E-state index in [1.807, 2.05) is 0 Å². The summed E-state index contributed by atoms with van der Waals surface area (Å²) in [5, 5.41) is 8.92. The van der Waals surface area contributed by atoms with Crippen molar-refractivity contribution in [3.05, 3.63) is 59.4 Å². The minimum absolute atomic E-state index is 0.188. The van der Waals surface area contributed by atoms with E-state index in [9.17, 15) is 9.59 Å². The number of aliphatic hydroxyl groups excluding tert-OH is 1. The second-order valence-electron chi connectivity index (χ2n) is 4.02. The first kappa shape index (κ1) is 11.4. The number of fused-ring (bicyclic) bond motifs is 1. The van der Waals surface area contributed by atoms with E-state index in [1.54, 1.807) is 12.1 Å². The molecule has 0 saturated carbocycles. The number of imide groups is 1. The topological polar surface area (TPSA) is 70.5 Å². The third-order valence-electron chi connectivity index (χ3n) is 2.90. The maximum absolute atomic E-state index is 12.2. The zero-order valence-electron chi connectivity index (χ0n) is 9.75. The zero-order chi connectivity index (χ0) is 13.4. The molecule has 1 aromatic carbocycles. The van der Waals surface area contributed by atoms with Gasteiger partial charge in [0.15, 0.2) is 0 Å². The average Bonchev–Trinajstić information content (AvgIpc) is 2.72. The molecule has 2 aromatic rings. The Hall–Kier alpha value is -2.71. The molecular formula is C14H8N2O3. The molecule has 1 aromatic heterocycles. The van der Waals surface area contributed by atoms with E-state index in [0.29, 0.717) is 22.5 Å². The second-order valence-corrected chi connectivity index (χ2v) is 4.02. The Morgan fingerprint density at radius 1 is 1.11 bits per heavy atom. The summed E-state index contributed by atoms with van der Waals surface area (Å²) in [5.74, 6) is -0.799. The van der Waals surface area contributed by atoms with Crippen LogP contribution in [0.4, 0.5) is 5.69 Å². The van der Waals surface area contributed by atoms with Gasteiger partial charge in [0.25, 0.3) is 11.8 Å². The van der Waals surface area contributed by atoms with E-state index < -0.39 is 11.8 Å². The lowest BCUT2D eigenvalue weighted by Crippen LogP contribution is -2.29. The van der Waals surface area contributed by atoms with E-state index in [1.165, 1.54) is 18.3 Å². The number of aromatic nitrogens is 1. The maximum atomic E-state index is 12.2. The Kier molecular flexibility index (Phi) is 2.51. The van der Waals surface area contributed by atoms with Crippen LogP contribution in [0, 0.1) is 12.1 Å². The van der Waals surface area contributed by atoms with Crippen LogP contribution in [0.15, 0.2) is 30.5 Å². The first-order valence-electron chi connectivity index (χ1n) is 5.58. The molecule has 3 rings (SSSR count). The molecule has 0 radical (unpaired) electrons. The number of carbonyl (C=O) groups is 2. The molecule has 0 aliphatic carbocycles. The smallest absolute Gasteiger partial charge is 0.266 e. The van der Waals surface area contributed by atoms with Gasteiger partial charge in [-0.05, 0) is 12.1 Å². The van der Waals surface area contributed by atoms with Gasteiger partial charge in [-0.1, -0.05) is 12.1 Å². The minimum Gasteiger partial charge on any atom is -0.390 e. The van der Waals surface area contributed by atoms with E-state index in [4.69, 9.17) is 5.11 Å². The summed E-state index contributed by atoms with van der Waals surface area (Å²) in [6.07, 6.45) is 1.39. The molecule has 19 heavy (non-hydrogen) atoms. The fourth-order valence-corrected chi connectivity index (χ4v) is 1.95. The fourth-order valence-electron chi connectivity index (χ4n) is 1.95. The molecule has 5 heteroatoms. The molecule has 1 N–H and O–H groups in total. The van der Waals surface area contributed by atoms with Crippen molar-refractivity contribution in [2.24, 2.45) is 0 Å². The molecule has 0 bridgehead atoms. The molecule has 92 valence electrons. The molecule has 1 aliphatic heterocycles. The fraction of sp³-hybridized carbons (Fsp3) is 0.0714. The summed E-state index contributed by atoms with van der Waals surface area (Å²) >= 11 is 0. The van der Waals surface area contributed by atoms with Crippen molar-refractivity contribution in [2.75, 3.05) is 4.90 Å². The normalized spacial score (nSPS) is 13.4. The highest BCUT2D eigenvalue weighted by Crippen LogP contribution is 2.26. The summed E-state index contributed by atoms with van der Waals surface area (Å²) in [4.78, 5) is 29.3. The number of nitrogens with zero attached hydrogens (tertiary/aromatic N) is 2. The van der Waals surface area contributed by atoms with Crippen LogP contribution in [0.2, 0.25) is 0 Å². The first-order chi connectivity index (χ1) is 9.22. The molecule has 0 saturated heterocycles. The van der Waals surface area contributed by atoms with Gasteiger partial charge in [0.05, 0.1) is 35.3 Å². The Balaban J connectivity index is 2.03. The molecule has 0 unspecified atom stereocenters. The predicted molar refractivity (Wildman–Crippen MR) is 65.4 cm³/mol. The van der Waals surface area contributed by atoms with Gasteiger partial charge >= 0.3 is 0 Å². The summed E-state index contributed by atoms with van der Waals surface area (Å²) in [7, 11) is 0. The van der Waals surface area contributed by atoms with Gasteiger partial charge in [0.2, 0.25) is 0 Å². The van der Waals surface area contributed by atoms with Crippen LogP contribution in [0.1, 0.15) is 26.4 Å². The molecule has 2 heterocycles. The lowest BCUT2D eigenvalue weighted by Gasteiger charge is -2.13. The van der Waals surface area contributed by atoms with E-state index in [-0.39, 0.29) is 6.61 Å². The van der Waals surface area contributed by atoms with Crippen LogP contribution in [0.3, 0.4) is 0 Å². The number of pyridine rings is 1. The van der Waals surface area contributed by atoms with Gasteiger partial charge in [-0.2, -0.15) is 0 Å². The lowest BCUT2D eigenvalue weighted by atomic mass is 10.1. The van der Waals surface area contributed by atoms with E-state index in [2.05, 4.69) is 17.1 Å². The number of rotatable bonds is 2. The van der Waals surface area contributed by atoms with Crippen molar-refractivity contribution >= 4 is 17.5 Å². The molecular weight excluding hydrogens is 244 g/mol. The average molecular weight is 252 g/mol. The van der Waals surface area contributed by atoms with Crippen molar-refractivity contribution in [2.45, 2.75) is 6.61 Å². The maximum Gasteiger partial charge on any atom is 0.266 e. The van der Waals surface area contributed by atoms with E-state index >= 15 is 0 Å². The summed E-state index contributed by atoms with van der Waals surface area (Å²) in [5.41, 5.74) is 1.48. The molecule has 0 atom stereocenters. The summed E-state index contributed by atoms with van der Waals surface area (Å²) < 4.78 is 0. The van der Waals surface area contributed by atoms with Crippen molar-refractivity contribution in [3.8, 4) is 0 Å². The quantitative estimate of drug-likeness (QED) is 0.809. The van der Waals surface area contributed by atoms with Crippen LogP contribution in [-0.4, -0.2) is 21.9 Å². The zero-order valence-corrected chi connectivity index (χ0v) is 9.75. The van der Waals surface area contributed by atoms with Gasteiger partial charge in [-0.3, -0.25) is 14.6 Å². The Morgan fingerprint density at radius 3 is 2.21 bits per heavy atom. The number of hydrogen-bond acceptors (Lipinski definition) is 4. The molecule has 1 aliphatic rings. The highest BCUT2D eigenvalue weighted by Gasteiger charge is 2.36.